The van der Waals surface area contributed by atoms with Gasteiger partial charge in [-0.1, -0.05) is 32.9 Å². The van der Waals surface area contributed by atoms with E-state index in [1.54, 1.807) is 21.3 Å². The van der Waals surface area contributed by atoms with Crippen molar-refractivity contribution in [2.24, 2.45) is 0 Å². The van der Waals surface area contributed by atoms with E-state index in [9.17, 15) is 4.79 Å². The van der Waals surface area contributed by atoms with Crippen LogP contribution in [0.25, 0.3) is 12.2 Å². The molecule has 1 aromatic heterocycles. The summed E-state index contributed by atoms with van der Waals surface area (Å²) in [6.07, 6.45) is 11.7. The summed E-state index contributed by atoms with van der Waals surface area (Å²) in [6, 6.07) is 7.83. The first kappa shape index (κ1) is 28.6. The number of methoxy groups -OCH3 is 3. The Morgan fingerprint density at radius 3 is 2.23 bits per heavy atom. The molecule has 0 aliphatic heterocycles. The molecule has 0 unspecified atom stereocenters. The topological polar surface area (TPSA) is 60.7 Å². The van der Waals surface area contributed by atoms with Crippen LogP contribution in [0.1, 0.15) is 57.6 Å². The summed E-state index contributed by atoms with van der Waals surface area (Å²) in [4.78, 5) is 12.1. The number of hydrogen-bond donors (Lipinski definition) is 1. The summed E-state index contributed by atoms with van der Waals surface area (Å²) in [5.41, 5.74) is 1.97. The molecule has 0 bridgehead atoms. The molecule has 35 heavy (non-hydrogen) atoms. The predicted octanol–water partition coefficient (Wildman–Crippen LogP) is 5.38. The van der Waals surface area contributed by atoms with E-state index in [1.165, 1.54) is 0 Å². The zero-order valence-electron chi connectivity index (χ0n) is 22.1. The second-order valence-corrected chi connectivity index (χ2v) is 10.3. The highest BCUT2D eigenvalue weighted by Gasteiger charge is 2.19. The van der Waals surface area contributed by atoms with Gasteiger partial charge < -0.3 is 19.5 Å². The predicted molar refractivity (Wildman–Crippen MR) is 145 cm³/mol. The van der Waals surface area contributed by atoms with E-state index < -0.39 is 0 Å². The molecule has 6 nitrogen and oxygen atoms in total. The van der Waals surface area contributed by atoms with Gasteiger partial charge in [-0.05, 0) is 24.5 Å². The molecule has 2 aromatic rings. The molecule has 0 aliphatic carbocycles. The van der Waals surface area contributed by atoms with Crippen molar-refractivity contribution in [1.29, 1.82) is 0 Å². The molecular weight excluding hydrogens is 460 g/mol. The van der Waals surface area contributed by atoms with Crippen LogP contribution in [0.2, 0.25) is 0 Å². The highest BCUT2D eigenvalue weighted by molar-refractivity contribution is 8.00. The van der Waals surface area contributed by atoms with Gasteiger partial charge in [0.1, 0.15) is 12.3 Å². The molecule has 1 N–H and O–H groups in total. The molecule has 0 radical (unpaired) electrons. The van der Waals surface area contributed by atoms with Crippen molar-refractivity contribution < 1.29 is 23.6 Å². The van der Waals surface area contributed by atoms with Crippen molar-refractivity contribution in [3.8, 4) is 17.2 Å². The Kier molecular flexibility index (Phi) is 12.0. The molecule has 0 spiro atoms. The number of aryl methyl sites for hydroxylation is 1. The van der Waals surface area contributed by atoms with Gasteiger partial charge in [0, 0.05) is 53.6 Å². The SMILES string of the molecule is CCC(C)(CC)SCCNC(=O)CCC[n+]1ccc(C=Cc2cc(OC)c(OC)cc2OC)cc1. The lowest BCUT2D eigenvalue weighted by Crippen LogP contribution is -2.34. The molecule has 0 saturated heterocycles. The summed E-state index contributed by atoms with van der Waals surface area (Å²) < 4.78 is 18.7. The van der Waals surface area contributed by atoms with Crippen molar-refractivity contribution in [2.75, 3.05) is 33.6 Å². The van der Waals surface area contributed by atoms with E-state index >= 15 is 0 Å². The van der Waals surface area contributed by atoms with Crippen molar-refractivity contribution in [3.05, 3.63) is 47.8 Å². The van der Waals surface area contributed by atoms with Crippen molar-refractivity contribution >= 4 is 29.8 Å². The van der Waals surface area contributed by atoms with Gasteiger partial charge in [-0.15, -0.1) is 0 Å². The number of ether oxygens (including phenoxy) is 3. The van der Waals surface area contributed by atoms with Crippen LogP contribution in [-0.4, -0.2) is 44.3 Å². The van der Waals surface area contributed by atoms with E-state index in [2.05, 4.69) is 42.8 Å². The maximum absolute atomic E-state index is 12.1. The number of benzene rings is 1. The van der Waals surface area contributed by atoms with Gasteiger partial charge >= 0.3 is 0 Å². The van der Waals surface area contributed by atoms with E-state index in [0.717, 1.165) is 49.2 Å². The van der Waals surface area contributed by atoms with Crippen LogP contribution in [0, 0.1) is 0 Å². The van der Waals surface area contributed by atoms with Gasteiger partial charge in [0.15, 0.2) is 23.9 Å². The van der Waals surface area contributed by atoms with Gasteiger partial charge in [-0.2, -0.15) is 11.8 Å². The van der Waals surface area contributed by atoms with Crippen LogP contribution in [0.3, 0.4) is 0 Å². The fourth-order valence-corrected chi connectivity index (χ4v) is 4.66. The van der Waals surface area contributed by atoms with Gasteiger partial charge in [-0.25, -0.2) is 4.57 Å². The molecule has 0 aliphatic rings. The van der Waals surface area contributed by atoms with Gasteiger partial charge in [0.25, 0.3) is 0 Å². The summed E-state index contributed by atoms with van der Waals surface area (Å²) in [7, 11) is 4.86. The van der Waals surface area contributed by atoms with Gasteiger partial charge in [0.05, 0.1) is 21.3 Å². The number of nitrogens with zero attached hydrogens (tertiary/aromatic N) is 1. The molecule has 0 atom stereocenters. The standard InChI is InChI=1S/C28H40N2O4S/c1-7-28(3,8-2)35-19-15-29-27(31)10-9-16-30-17-13-22(14-18-30)11-12-23-20-25(33-5)26(34-6)21-24(23)32-4/h11-14,17-18,20-21H,7-10,15-16,19H2,1-6H3/p+1. The Balaban J connectivity index is 1.81. The fraction of sp³-hybridized carbons (Fsp3) is 0.500. The lowest BCUT2D eigenvalue weighted by molar-refractivity contribution is -0.697. The maximum Gasteiger partial charge on any atom is 0.220 e. The van der Waals surface area contributed by atoms with Crippen molar-refractivity contribution in [3.63, 3.8) is 0 Å². The Morgan fingerprint density at radius 2 is 1.63 bits per heavy atom. The van der Waals surface area contributed by atoms with Crippen LogP contribution >= 0.6 is 11.8 Å². The molecule has 0 fully saturated rings. The number of pyridine rings is 1. The molecular formula is C28H41N2O4S+. The Labute approximate surface area is 215 Å². The van der Waals surface area contributed by atoms with E-state index in [1.807, 2.05) is 48.4 Å². The zero-order chi connectivity index (χ0) is 25.7. The van der Waals surface area contributed by atoms with Gasteiger partial charge in [-0.3, -0.25) is 4.79 Å². The second kappa shape index (κ2) is 14.7. The molecule has 1 amide bonds. The Hall–Kier alpha value is -2.67. The monoisotopic (exact) mass is 501 g/mol. The smallest absolute Gasteiger partial charge is 0.220 e. The summed E-state index contributed by atoms with van der Waals surface area (Å²) in [5, 5.41) is 3.05. The highest BCUT2D eigenvalue weighted by Crippen LogP contribution is 2.35. The number of nitrogens with one attached hydrogen (secondary N) is 1. The minimum Gasteiger partial charge on any atom is -0.496 e. The molecule has 0 saturated carbocycles. The number of amides is 1. The molecule has 2 rings (SSSR count). The Bertz CT molecular complexity index is 956. The number of rotatable bonds is 15. The normalized spacial score (nSPS) is 11.5. The van der Waals surface area contributed by atoms with Gasteiger partial charge in [0.2, 0.25) is 5.91 Å². The van der Waals surface area contributed by atoms with E-state index in [0.29, 0.717) is 28.4 Å². The van der Waals surface area contributed by atoms with E-state index in [4.69, 9.17) is 14.2 Å². The molecule has 192 valence electrons. The summed E-state index contributed by atoms with van der Waals surface area (Å²) in [5.74, 6) is 3.09. The Morgan fingerprint density at radius 1 is 1.00 bits per heavy atom. The average molecular weight is 502 g/mol. The zero-order valence-corrected chi connectivity index (χ0v) is 22.9. The first-order chi connectivity index (χ1) is 16.9. The lowest BCUT2D eigenvalue weighted by atomic mass is 10.1. The van der Waals surface area contributed by atoms with Crippen LogP contribution in [0.5, 0.6) is 17.2 Å². The second-order valence-electron chi connectivity index (χ2n) is 8.61. The van der Waals surface area contributed by atoms with Crippen LogP contribution in [0.15, 0.2) is 36.7 Å². The molecule has 1 heterocycles. The first-order valence-electron chi connectivity index (χ1n) is 12.3. The van der Waals surface area contributed by atoms with E-state index in [-0.39, 0.29) is 5.91 Å². The minimum absolute atomic E-state index is 0.129. The van der Waals surface area contributed by atoms with Crippen LogP contribution in [0.4, 0.5) is 0 Å². The summed E-state index contributed by atoms with van der Waals surface area (Å²) >= 11 is 1.95. The van der Waals surface area contributed by atoms with Crippen LogP contribution in [-0.2, 0) is 11.3 Å². The van der Waals surface area contributed by atoms with Crippen molar-refractivity contribution in [1.82, 2.24) is 5.32 Å². The lowest BCUT2D eigenvalue weighted by Gasteiger charge is -2.25. The molecule has 1 aromatic carbocycles. The largest absolute Gasteiger partial charge is 0.496 e. The quantitative estimate of drug-likeness (QED) is 0.262. The highest BCUT2D eigenvalue weighted by atomic mass is 32.2. The number of thioether (sulfide) groups is 1. The average Bonchev–Trinajstić information content (AvgIpc) is 2.89. The maximum atomic E-state index is 12.1. The van der Waals surface area contributed by atoms with Crippen molar-refractivity contribution in [2.45, 2.75) is 57.7 Å². The molecule has 7 heteroatoms. The number of carbonyl (C=O) groups excluding carboxylic acids is 1. The third-order valence-electron chi connectivity index (χ3n) is 6.30. The summed E-state index contributed by atoms with van der Waals surface area (Å²) in [6.45, 7) is 8.29. The third kappa shape index (κ3) is 9.13. The first-order valence-corrected chi connectivity index (χ1v) is 13.2. The third-order valence-corrected chi connectivity index (χ3v) is 7.98. The number of hydrogen-bond acceptors (Lipinski definition) is 5. The fourth-order valence-electron chi connectivity index (χ4n) is 3.55. The minimum atomic E-state index is 0.129. The number of aromatic nitrogens is 1. The number of carbonyl (C=O) groups is 1. The van der Waals surface area contributed by atoms with Crippen LogP contribution < -0.4 is 24.1 Å².